The lowest BCUT2D eigenvalue weighted by Gasteiger charge is -2.36. The first-order valence-electron chi connectivity index (χ1n) is 13.0. The molecular formula is C32H38O3. The van der Waals surface area contributed by atoms with E-state index in [2.05, 4.69) is 92.7 Å². The minimum absolute atomic E-state index is 0.0190. The Kier molecular flexibility index (Phi) is 8.07. The van der Waals surface area contributed by atoms with Crippen LogP contribution in [-0.4, -0.2) is 18.2 Å². The van der Waals surface area contributed by atoms with E-state index in [1.54, 1.807) is 0 Å². The van der Waals surface area contributed by atoms with Crippen molar-refractivity contribution in [1.29, 1.82) is 0 Å². The summed E-state index contributed by atoms with van der Waals surface area (Å²) in [5.74, 6) is -0.0954. The van der Waals surface area contributed by atoms with Gasteiger partial charge in [0, 0.05) is 0 Å². The van der Waals surface area contributed by atoms with Crippen molar-refractivity contribution in [3.05, 3.63) is 84.4 Å². The standard InChI is InChI=1S/C32H38O3/c1-5-23(2)31(33)34-29-16-18-30(19-17-29)35-32(3,4)28-21-26(24-12-8-6-9-13-24)20-27(22-28)25-14-10-7-11-15-25/h6-15,20-23,29-30H,5,16-19H2,1-4H3. The van der Waals surface area contributed by atoms with Crippen molar-refractivity contribution < 1.29 is 14.3 Å². The Labute approximate surface area is 210 Å². The smallest absolute Gasteiger partial charge is 0.308 e. The summed E-state index contributed by atoms with van der Waals surface area (Å²) >= 11 is 0. The number of carbonyl (C=O) groups excluding carboxylic acids is 1. The second-order valence-corrected chi connectivity index (χ2v) is 10.3. The molecule has 1 fully saturated rings. The van der Waals surface area contributed by atoms with E-state index < -0.39 is 5.60 Å². The Balaban J connectivity index is 1.52. The van der Waals surface area contributed by atoms with Gasteiger partial charge in [-0.2, -0.15) is 0 Å². The molecule has 184 valence electrons. The molecule has 1 atom stereocenters. The fourth-order valence-corrected chi connectivity index (χ4v) is 4.77. The summed E-state index contributed by atoms with van der Waals surface area (Å²) in [6, 6.07) is 27.8. The highest BCUT2D eigenvalue weighted by atomic mass is 16.5. The monoisotopic (exact) mass is 470 g/mol. The van der Waals surface area contributed by atoms with Crippen LogP contribution in [0.3, 0.4) is 0 Å². The molecule has 1 aliphatic carbocycles. The van der Waals surface area contributed by atoms with E-state index in [4.69, 9.17) is 9.47 Å². The molecule has 3 nitrogen and oxygen atoms in total. The number of rotatable bonds is 8. The van der Waals surface area contributed by atoms with Gasteiger partial charge < -0.3 is 9.47 Å². The van der Waals surface area contributed by atoms with E-state index in [0.29, 0.717) is 0 Å². The minimum Gasteiger partial charge on any atom is -0.462 e. The van der Waals surface area contributed by atoms with Crippen molar-refractivity contribution in [3.63, 3.8) is 0 Å². The van der Waals surface area contributed by atoms with Crippen LogP contribution in [0.25, 0.3) is 22.3 Å². The second-order valence-electron chi connectivity index (χ2n) is 10.3. The van der Waals surface area contributed by atoms with Crippen LogP contribution in [0.5, 0.6) is 0 Å². The summed E-state index contributed by atoms with van der Waals surface area (Å²) < 4.78 is 12.5. The Hall–Kier alpha value is -2.91. The largest absolute Gasteiger partial charge is 0.462 e. The normalized spacial score (nSPS) is 19.2. The molecule has 0 heterocycles. The molecule has 0 aliphatic heterocycles. The van der Waals surface area contributed by atoms with Gasteiger partial charge in [-0.15, -0.1) is 0 Å². The van der Waals surface area contributed by atoms with Crippen LogP contribution in [0.1, 0.15) is 65.4 Å². The molecule has 1 unspecified atom stereocenters. The molecule has 0 aromatic heterocycles. The molecule has 0 radical (unpaired) electrons. The van der Waals surface area contributed by atoms with Gasteiger partial charge in [0.1, 0.15) is 6.10 Å². The predicted molar refractivity (Wildman–Crippen MR) is 143 cm³/mol. The zero-order valence-electron chi connectivity index (χ0n) is 21.5. The third kappa shape index (κ3) is 6.41. The van der Waals surface area contributed by atoms with Crippen LogP contribution in [0.4, 0.5) is 0 Å². The van der Waals surface area contributed by atoms with Crippen molar-refractivity contribution in [2.75, 3.05) is 0 Å². The third-order valence-electron chi connectivity index (χ3n) is 7.22. The first kappa shape index (κ1) is 25.2. The number of carbonyl (C=O) groups is 1. The van der Waals surface area contributed by atoms with Gasteiger partial charge in [0.25, 0.3) is 0 Å². The summed E-state index contributed by atoms with van der Waals surface area (Å²) in [4.78, 5) is 12.2. The predicted octanol–water partition coefficient (Wildman–Crippen LogP) is 8.17. The van der Waals surface area contributed by atoms with Crippen molar-refractivity contribution in [3.8, 4) is 22.3 Å². The molecule has 1 aliphatic rings. The van der Waals surface area contributed by atoms with Crippen LogP contribution in [0.15, 0.2) is 78.9 Å². The average molecular weight is 471 g/mol. The van der Waals surface area contributed by atoms with Crippen LogP contribution < -0.4 is 0 Å². The first-order valence-corrected chi connectivity index (χ1v) is 13.0. The molecule has 3 aromatic rings. The summed E-state index contributed by atoms with van der Waals surface area (Å²) in [5, 5.41) is 0. The van der Waals surface area contributed by atoms with Gasteiger partial charge in [-0.25, -0.2) is 0 Å². The van der Waals surface area contributed by atoms with Gasteiger partial charge in [-0.05, 0) is 92.0 Å². The molecule has 0 bridgehead atoms. The van der Waals surface area contributed by atoms with Gasteiger partial charge in [0.05, 0.1) is 17.6 Å². The maximum atomic E-state index is 12.2. The lowest BCUT2D eigenvalue weighted by molar-refractivity contribution is -0.159. The fraction of sp³-hybridized carbons (Fsp3) is 0.406. The van der Waals surface area contributed by atoms with Gasteiger partial charge >= 0.3 is 5.97 Å². The van der Waals surface area contributed by atoms with Crippen molar-refractivity contribution >= 4 is 5.97 Å². The Morgan fingerprint density at radius 2 is 1.29 bits per heavy atom. The number of ether oxygens (including phenoxy) is 2. The first-order chi connectivity index (χ1) is 16.9. The molecule has 4 rings (SSSR count). The zero-order chi connectivity index (χ0) is 24.8. The Morgan fingerprint density at radius 1 is 0.800 bits per heavy atom. The summed E-state index contributed by atoms with van der Waals surface area (Å²) in [7, 11) is 0. The Bertz CT molecular complexity index is 1040. The van der Waals surface area contributed by atoms with Crippen LogP contribution in [0.2, 0.25) is 0 Å². The maximum absolute atomic E-state index is 12.2. The van der Waals surface area contributed by atoms with E-state index in [-0.39, 0.29) is 24.1 Å². The molecule has 3 aromatic carbocycles. The maximum Gasteiger partial charge on any atom is 0.308 e. The minimum atomic E-state index is -0.445. The van der Waals surface area contributed by atoms with Crippen LogP contribution in [-0.2, 0) is 19.9 Å². The molecule has 0 amide bonds. The van der Waals surface area contributed by atoms with Gasteiger partial charge in [-0.1, -0.05) is 74.5 Å². The summed E-state index contributed by atoms with van der Waals surface area (Å²) in [6.07, 6.45) is 4.54. The van der Waals surface area contributed by atoms with Crippen molar-refractivity contribution in [1.82, 2.24) is 0 Å². The molecule has 0 saturated heterocycles. The average Bonchev–Trinajstić information content (AvgIpc) is 2.90. The van der Waals surface area contributed by atoms with Gasteiger partial charge in [-0.3, -0.25) is 4.79 Å². The fourth-order valence-electron chi connectivity index (χ4n) is 4.77. The summed E-state index contributed by atoms with van der Waals surface area (Å²) in [6.45, 7) is 8.30. The molecule has 1 saturated carbocycles. The van der Waals surface area contributed by atoms with E-state index >= 15 is 0 Å². The highest BCUT2D eigenvalue weighted by Crippen LogP contribution is 2.37. The topological polar surface area (TPSA) is 35.5 Å². The molecule has 0 N–H and O–H groups in total. The second kappa shape index (κ2) is 11.2. The van der Waals surface area contributed by atoms with E-state index in [1.807, 2.05) is 13.8 Å². The third-order valence-corrected chi connectivity index (χ3v) is 7.22. The summed E-state index contributed by atoms with van der Waals surface area (Å²) in [5.41, 5.74) is 5.51. The number of benzene rings is 3. The van der Waals surface area contributed by atoms with Gasteiger partial charge in [0.15, 0.2) is 0 Å². The quantitative estimate of drug-likeness (QED) is 0.311. The lowest BCUT2D eigenvalue weighted by atomic mass is 9.88. The van der Waals surface area contributed by atoms with Crippen molar-refractivity contribution in [2.24, 2.45) is 5.92 Å². The molecule has 0 spiro atoms. The van der Waals surface area contributed by atoms with Gasteiger partial charge in [0.2, 0.25) is 0 Å². The number of hydrogen-bond acceptors (Lipinski definition) is 3. The van der Waals surface area contributed by atoms with E-state index in [1.165, 1.54) is 27.8 Å². The molecule has 35 heavy (non-hydrogen) atoms. The van der Waals surface area contributed by atoms with E-state index in [0.717, 1.165) is 32.1 Å². The zero-order valence-corrected chi connectivity index (χ0v) is 21.5. The number of esters is 1. The van der Waals surface area contributed by atoms with E-state index in [9.17, 15) is 4.79 Å². The SMILES string of the molecule is CCC(C)C(=O)OC1CCC(OC(C)(C)c2cc(-c3ccccc3)cc(-c3ccccc3)c2)CC1. The van der Waals surface area contributed by atoms with Crippen molar-refractivity contribution in [2.45, 2.75) is 77.6 Å². The number of hydrogen-bond donors (Lipinski definition) is 0. The van der Waals surface area contributed by atoms with Crippen LogP contribution >= 0.6 is 0 Å². The Morgan fingerprint density at radius 3 is 1.77 bits per heavy atom. The molecule has 3 heteroatoms. The highest BCUT2D eigenvalue weighted by Gasteiger charge is 2.31. The van der Waals surface area contributed by atoms with Crippen LogP contribution in [0, 0.1) is 5.92 Å². The molecular weight excluding hydrogens is 432 g/mol. The lowest BCUT2D eigenvalue weighted by Crippen LogP contribution is -2.34. The highest BCUT2D eigenvalue weighted by molar-refractivity contribution is 5.74.